The number of fused-ring (bicyclic) bond motifs is 1. The van der Waals surface area contributed by atoms with E-state index in [2.05, 4.69) is 26.8 Å². The molecule has 152 valence electrons. The van der Waals surface area contributed by atoms with Gasteiger partial charge in [-0.2, -0.15) is 0 Å². The van der Waals surface area contributed by atoms with E-state index >= 15 is 0 Å². The molecule has 0 aromatic heterocycles. The fraction of sp³-hybridized carbons (Fsp3) is 0.727. The summed E-state index contributed by atoms with van der Waals surface area (Å²) in [6, 6.07) is 0. The first-order chi connectivity index (χ1) is 12.6. The average molecular weight is 379 g/mol. The van der Waals surface area contributed by atoms with Crippen molar-refractivity contribution in [2.45, 2.75) is 91.6 Å². The molecule has 0 aromatic rings. The Labute approximate surface area is 163 Å². The molecule has 0 bridgehead atoms. The molecule has 5 atom stereocenters. The zero-order valence-corrected chi connectivity index (χ0v) is 17.7. The number of hydrogen-bond donors (Lipinski definition) is 0. The lowest BCUT2D eigenvalue weighted by atomic mass is 9.79. The fourth-order valence-corrected chi connectivity index (χ4v) is 3.88. The third kappa shape index (κ3) is 5.01. The molecular weight excluding hydrogens is 344 g/mol. The minimum atomic E-state index is -0.648. The van der Waals surface area contributed by atoms with E-state index < -0.39 is 11.7 Å². The predicted octanol–water partition coefficient (Wildman–Crippen LogP) is 4.36. The molecule has 0 N–H and O–H groups in total. The van der Waals surface area contributed by atoms with Gasteiger partial charge in [-0.1, -0.05) is 31.6 Å². The highest BCUT2D eigenvalue weighted by Crippen LogP contribution is 2.49. The zero-order valence-electron chi connectivity index (χ0n) is 17.7. The van der Waals surface area contributed by atoms with E-state index in [0.29, 0.717) is 17.9 Å². The van der Waals surface area contributed by atoms with Crippen molar-refractivity contribution in [3.05, 3.63) is 23.3 Å². The van der Waals surface area contributed by atoms with Crippen molar-refractivity contribution in [3.8, 4) is 0 Å². The zero-order chi connectivity index (χ0) is 20.4. The minimum absolute atomic E-state index is 0.191. The second-order valence-corrected chi connectivity index (χ2v) is 8.39. The fourth-order valence-electron chi connectivity index (χ4n) is 3.88. The molecule has 0 saturated carbocycles. The summed E-state index contributed by atoms with van der Waals surface area (Å²) in [4.78, 5) is 24.1. The second kappa shape index (κ2) is 8.59. The van der Waals surface area contributed by atoms with Crippen LogP contribution < -0.4 is 0 Å². The van der Waals surface area contributed by atoms with Gasteiger partial charge in [0, 0.05) is 24.8 Å². The predicted molar refractivity (Wildman–Crippen MR) is 104 cm³/mol. The minimum Gasteiger partial charge on any atom is -0.459 e. The third-order valence-electron chi connectivity index (χ3n) is 5.96. The summed E-state index contributed by atoms with van der Waals surface area (Å²) in [5.74, 6) is -0.0891. The van der Waals surface area contributed by atoms with Crippen molar-refractivity contribution in [2.75, 3.05) is 0 Å². The van der Waals surface area contributed by atoms with E-state index in [9.17, 15) is 9.59 Å². The van der Waals surface area contributed by atoms with Gasteiger partial charge in [0.1, 0.15) is 23.9 Å². The summed E-state index contributed by atoms with van der Waals surface area (Å²) in [5, 5.41) is 0. The Bertz CT molecular complexity index is 633. The lowest BCUT2D eigenvalue weighted by Crippen LogP contribution is -2.42. The Hall–Kier alpha value is -1.62. The summed E-state index contributed by atoms with van der Waals surface area (Å²) < 4.78 is 17.6. The summed E-state index contributed by atoms with van der Waals surface area (Å²) in [6.45, 7) is 13.4. The number of esters is 2. The maximum Gasteiger partial charge on any atom is 0.333 e. The van der Waals surface area contributed by atoms with Gasteiger partial charge in [-0.3, -0.25) is 4.79 Å². The van der Waals surface area contributed by atoms with Crippen molar-refractivity contribution in [1.82, 2.24) is 0 Å². The number of allylic oxidation sites excluding steroid dienone is 2. The maximum atomic E-state index is 12.4. The van der Waals surface area contributed by atoms with Crippen LogP contribution in [0.2, 0.25) is 0 Å². The molecule has 1 saturated heterocycles. The van der Waals surface area contributed by atoms with Crippen LogP contribution in [0.25, 0.3) is 0 Å². The summed E-state index contributed by atoms with van der Waals surface area (Å²) in [5.41, 5.74) is 1.18. The van der Waals surface area contributed by atoms with E-state index in [0.717, 1.165) is 12.8 Å². The van der Waals surface area contributed by atoms with Gasteiger partial charge in [0.25, 0.3) is 0 Å². The van der Waals surface area contributed by atoms with Gasteiger partial charge < -0.3 is 14.2 Å². The van der Waals surface area contributed by atoms with Crippen LogP contribution in [0.4, 0.5) is 0 Å². The summed E-state index contributed by atoms with van der Waals surface area (Å²) in [7, 11) is 0. The van der Waals surface area contributed by atoms with Crippen LogP contribution >= 0.6 is 0 Å². The molecule has 5 nitrogen and oxygen atoms in total. The standard InChI is InChI=1S/C22H34O5/c1-8-15(5)21(24)26-18-12-10-14(4)9-11-17(13(2)3)19(25-16(6)23)20-22(18,7)27-20/h8,10,13,17-20H,9,11-12H2,1-7H3/b14-10+,15-8-/t17-,18+,19+,20-,22-/m1/s1. The molecule has 1 heterocycles. The maximum absolute atomic E-state index is 12.4. The molecule has 0 spiro atoms. The van der Waals surface area contributed by atoms with E-state index in [4.69, 9.17) is 14.2 Å². The van der Waals surface area contributed by atoms with Crippen LogP contribution in [0, 0.1) is 11.8 Å². The largest absolute Gasteiger partial charge is 0.459 e. The van der Waals surface area contributed by atoms with Crippen LogP contribution in [-0.2, 0) is 23.8 Å². The van der Waals surface area contributed by atoms with E-state index in [1.807, 2.05) is 13.8 Å². The van der Waals surface area contributed by atoms with Gasteiger partial charge >= 0.3 is 11.9 Å². The lowest BCUT2D eigenvalue weighted by molar-refractivity contribution is -0.152. The monoisotopic (exact) mass is 378 g/mol. The van der Waals surface area contributed by atoms with Gasteiger partial charge in [-0.15, -0.1) is 0 Å². The van der Waals surface area contributed by atoms with Crippen LogP contribution in [0.5, 0.6) is 0 Å². The SMILES string of the molecule is C/C=C(/C)C(=O)O[C@H]1C/C=C(\C)CC[C@H](C(C)C)[C@H](OC(C)=O)[C@H]2O[C@]12C. The highest BCUT2D eigenvalue weighted by Gasteiger charge is 2.64. The van der Waals surface area contributed by atoms with Gasteiger partial charge in [0.2, 0.25) is 0 Å². The number of carbonyl (C=O) groups excluding carboxylic acids is 2. The normalized spacial score (nSPS) is 36.3. The Morgan fingerprint density at radius 2 is 1.96 bits per heavy atom. The highest BCUT2D eigenvalue weighted by atomic mass is 16.7. The lowest BCUT2D eigenvalue weighted by Gasteiger charge is -2.31. The quantitative estimate of drug-likeness (QED) is 0.315. The average Bonchev–Trinajstić information content (AvgIpc) is 3.28. The van der Waals surface area contributed by atoms with Crippen LogP contribution in [0.3, 0.4) is 0 Å². The number of ether oxygens (including phenoxy) is 3. The Morgan fingerprint density at radius 3 is 2.52 bits per heavy atom. The Kier molecular flexibility index (Phi) is 6.90. The highest BCUT2D eigenvalue weighted by molar-refractivity contribution is 5.87. The molecule has 1 fully saturated rings. The van der Waals surface area contributed by atoms with Crippen molar-refractivity contribution in [3.63, 3.8) is 0 Å². The van der Waals surface area contributed by atoms with Crippen molar-refractivity contribution >= 4 is 11.9 Å². The number of hydrogen-bond acceptors (Lipinski definition) is 5. The topological polar surface area (TPSA) is 65.1 Å². The van der Waals surface area contributed by atoms with E-state index in [1.165, 1.54) is 12.5 Å². The smallest absolute Gasteiger partial charge is 0.333 e. The molecule has 0 radical (unpaired) electrons. The molecule has 5 heteroatoms. The second-order valence-electron chi connectivity index (χ2n) is 8.39. The first-order valence-electron chi connectivity index (χ1n) is 9.94. The number of carbonyl (C=O) groups is 2. The molecule has 1 aliphatic carbocycles. The van der Waals surface area contributed by atoms with Crippen LogP contribution in [0.1, 0.15) is 67.7 Å². The molecule has 0 amide bonds. The van der Waals surface area contributed by atoms with Gasteiger partial charge in [0.05, 0.1) is 0 Å². The first-order valence-corrected chi connectivity index (χ1v) is 9.94. The molecule has 2 aliphatic rings. The molecule has 27 heavy (non-hydrogen) atoms. The first kappa shape index (κ1) is 21.7. The number of epoxide rings is 1. The van der Waals surface area contributed by atoms with Crippen molar-refractivity contribution in [2.24, 2.45) is 11.8 Å². The Morgan fingerprint density at radius 1 is 1.30 bits per heavy atom. The number of rotatable bonds is 4. The van der Waals surface area contributed by atoms with Crippen LogP contribution in [0.15, 0.2) is 23.3 Å². The van der Waals surface area contributed by atoms with Gasteiger partial charge in [-0.05, 0) is 46.5 Å². The molecule has 0 unspecified atom stereocenters. The van der Waals surface area contributed by atoms with Crippen molar-refractivity contribution in [1.29, 1.82) is 0 Å². The summed E-state index contributed by atoms with van der Waals surface area (Å²) in [6.07, 6.45) is 5.36. The molecule has 0 aromatic carbocycles. The Balaban J connectivity index is 2.35. The summed E-state index contributed by atoms with van der Waals surface area (Å²) >= 11 is 0. The molecular formula is C22H34O5. The van der Waals surface area contributed by atoms with Gasteiger partial charge in [0.15, 0.2) is 0 Å². The molecule has 1 aliphatic heterocycles. The van der Waals surface area contributed by atoms with Crippen LogP contribution in [-0.4, -0.2) is 35.9 Å². The third-order valence-corrected chi connectivity index (χ3v) is 5.96. The van der Waals surface area contributed by atoms with Crippen molar-refractivity contribution < 1.29 is 23.8 Å². The van der Waals surface area contributed by atoms with Gasteiger partial charge in [-0.25, -0.2) is 4.79 Å². The van der Waals surface area contributed by atoms with E-state index in [1.54, 1.807) is 13.0 Å². The molecule has 2 rings (SSSR count). The van der Waals surface area contributed by atoms with E-state index in [-0.39, 0.29) is 30.1 Å².